The predicted octanol–water partition coefficient (Wildman–Crippen LogP) is 5.11. The summed E-state index contributed by atoms with van der Waals surface area (Å²) in [5.74, 6) is -0.604. The lowest BCUT2D eigenvalue weighted by Crippen LogP contribution is -2.39. The molecule has 2 rings (SSSR count). The molecule has 0 saturated carbocycles. The highest BCUT2D eigenvalue weighted by molar-refractivity contribution is 9.10. The first-order valence-corrected chi connectivity index (χ1v) is 13.7. The number of ether oxygens (including phenoxy) is 1. The number of aliphatic imine (C=N–C) groups is 1. The van der Waals surface area contributed by atoms with Crippen LogP contribution in [0.5, 0.6) is 0 Å². The van der Waals surface area contributed by atoms with Crippen LogP contribution in [0.15, 0.2) is 34.0 Å². The van der Waals surface area contributed by atoms with Crippen LogP contribution in [-0.4, -0.2) is 47.7 Å². The van der Waals surface area contributed by atoms with Gasteiger partial charge in [-0.1, -0.05) is 31.4 Å². The number of amidine groups is 1. The van der Waals surface area contributed by atoms with Crippen LogP contribution in [0.2, 0.25) is 25.7 Å². The second kappa shape index (κ2) is 8.85. The summed E-state index contributed by atoms with van der Waals surface area (Å²) in [6.45, 7) is 8.85. The monoisotopic (exact) mass is 475 g/mol. The number of amides is 1. The van der Waals surface area contributed by atoms with Crippen molar-refractivity contribution in [1.82, 2.24) is 9.88 Å². The van der Waals surface area contributed by atoms with E-state index in [-0.39, 0.29) is 11.9 Å². The van der Waals surface area contributed by atoms with E-state index >= 15 is 0 Å². The normalized spacial score (nSPS) is 19.7. The highest BCUT2D eigenvalue weighted by Gasteiger charge is 2.35. The van der Waals surface area contributed by atoms with Crippen LogP contribution < -0.4 is 0 Å². The number of carboxylic acid groups (broad SMARTS) is 1. The number of halogens is 2. The summed E-state index contributed by atoms with van der Waals surface area (Å²) in [6, 6.07) is 2.57. The molecule has 0 spiro atoms. The van der Waals surface area contributed by atoms with Crippen LogP contribution in [0, 0.1) is 5.95 Å². The molecule has 6 nitrogen and oxygen atoms in total. The summed E-state index contributed by atoms with van der Waals surface area (Å²) in [5.41, 5.74) is 0.343. The maximum Gasteiger partial charge on any atom is 0.415 e. The van der Waals surface area contributed by atoms with Crippen molar-refractivity contribution in [1.29, 1.82) is 0 Å². The van der Waals surface area contributed by atoms with Crippen LogP contribution in [0.4, 0.5) is 9.18 Å². The summed E-state index contributed by atoms with van der Waals surface area (Å²) < 4.78 is 19.6. The van der Waals surface area contributed by atoms with Crippen LogP contribution in [-0.2, 0) is 9.48 Å². The van der Waals surface area contributed by atoms with Crippen molar-refractivity contribution in [3.8, 4) is 0 Å². The van der Waals surface area contributed by atoms with E-state index < -0.39 is 24.9 Å². The molecule has 1 aliphatic heterocycles. The van der Waals surface area contributed by atoms with Crippen LogP contribution in [0.1, 0.15) is 12.5 Å². The summed E-state index contributed by atoms with van der Waals surface area (Å²) in [4.78, 5) is 20.6. The molecular weight excluding hydrogens is 453 g/mol. The number of rotatable bonds is 6. The Hall–Kier alpha value is -1.23. The largest absolute Gasteiger partial charge is 0.465 e. The molecule has 1 unspecified atom stereocenters. The Bertz CT molecular complexity index is 772. The third-order valence-electron chi connectivity index (χ3n) is 3.90. The zero-order valence-corrected chi connectivity index (χ0v) is 19.1. The molecule has 0 fully saturated rings. The second-order valence-electron chi connectivity index (χ2n) is 7.49. The minimum atomic E-state index is -1.27. The molecule has 1 aromatic heterocycles. The number of hydrogen-bond acceptors (Lipinski definition) is 5. The Labute approximate surface area is 172 Å². The van der Waals surface area contributed by atoms with E-state index in [1.165, 1.54) is 12.4 Å². The van der Waals surface area contributed by atoms with Gasteiger partial charge in [-0.2, -0.15) is 4.39 Å². The third kappa shape index (κ3) is 6.13. The van der Waals surface area contributed by atoms with Crippen molar-refractivity contribution >= 4 is 47.0 Å². The van der Waals surface area contributed by atoms with Crippen molar-refractivity contribution < 1.29 is 19.0 Å². The van der Waals surface area contributed by atoms with Gasteiger partial charge in [-0.3, -0.25) is 0 Å². The highest BCUT2D eigenvalue weighted by atomic mass is 79.9. The van der Waals surface area contributed by atoms with Crippen molar-refractivity contribution in [2.24, 2.45) is 4.99 Å². The maximum atomic E-state index is 14.3. The fourth-order valence-electron chi connectivity index (χ4n) is 2.26. The molecule has 1 aliphatic rings. The first-order valence-electron chi connectivity index (χ1n) is 8.36. The Balaban J connectivity index is 2.14. The Morgan fingerprint density at radius 3 is 2.81 bits per heavy atom. The number of hydrogen-bond donors (Lipinski definition) is 1. The molecule has 1 amide bonds. The van der Waals surface area contributed by atoms with E-state index in [4.69, 9.17) is 4.74 Å². The third-order valence-corrected chi connectivity index (χ3v) is 7.33. The lowest BCUT2D eigenvalue weighted by atomic mass is 10.0. The fraction of sp³-hybridized carbons (Fsp3) is 0.471. The van der Waals surface area contributed by atoms with Crippen molar-refractivity contribution in [3.05, 3.63) is 40.5 Å². The zero-order valence-electron chi connectivity index (χ0n) is 15.7. The molecule has 0 radical (unpaired) electrons. The molecule has 148 valence electrons. The van der Waals surface area contributed by atoms with Gasteiger partial charge in [0, 0.05) is 37.1 Å². The van der Waals surface area contributed by atoms with Crippen molar-refractivity contribution in [3.63, 3.8) is 0 Å². The molecule has 0 aliphatic carbocycles. The van der Waals surface area contributed by atoms with Crippen LogP contribution in [0.3, 0.4) is 0 Å². The molecular formula is C17H23BrFN3O3SSi. The molecule has 27 heavy (non-hydrogen) atoms. The molecule has 1 atom stereocenters. The summed E-state index contributed by atoms with van der Waals surface area (Å²) in [7, 11) is -1.27. The first kappa shape index (κ1) is 22.1. The summed E-state index contributed by atoms with van der Waals surface area (Å²) >= 11 is 4.44. The Morgan fingerprint density at radius 1 is 1.48 bits per heavy atom. The molecule has 2 heterocycles. The summed E-state index contributed by atoms with van der Waals surface area (Å²) in [5, 5.41) is 9.80. The van der Waals surface area contributed by atoms with Gasteiger partial charge in [0.25, 0.3) is 0 Å². The van der Waals surface area contributed by atoms with E-state index in [2.05, 4.69) is 45.5 Å². The average Bonchev–Trinajstić information content (AvgIpc) is 2.55. The molecule has 1 aromatic rings. The SMILES string of the molecule is CC1(c2cc(Br)cnc2F)C=CN=C(N(COCC[Si](C)(C)C)C(=O)O)S1. The molecule has 0 saturated heterocycles. The molecule has 10 heteroatoms. The number of pyridine rings is 1. The predicted molar refractivity (Wildman–Crippen MR) is 112 cm³/mol. The number of carbonyl (C=O) groups is 1. The van der Waals surface area contributed by atoms with Gasteiger partial charge in [-0.25, -0.2) is 19.7 Å². The van der Waals surface area contributed by atoms with Crippen molar-refractivity contribution in [2.45, 2.75) is 37.4 Å². The van der Waals surface area contributed by atoms with E-state index in [0.29, 0.717) is 16.6 Å². The van der Waals surface area contributed by atoms with E-state index in [9.17, 15) is 14.3 Å². The zero-order chi connectivity index (χ0) is 20.2. The smallest absolute Gasteiger partial charge is 0.415 e. The number of aromatic nitrogens is 1. The van der Waals surface area contributed by atoms with E-state index in [1.807, 2.05) is 0 Å². The van der Waals surface area contributed by atoms with E-state index in [1.54, 1.807) is 19.1 Å². The van der Waals surface area contributed by atoms with Gasteiger partial charge in [0.1, 0.15) is 6.73 Å². The van der Waals surface area contributed by atoms with Gasteiger partial charge in [0.2, 0.25) is 5.95 Å². The minimum absolute atomic E-state index is 0.116. The quantitative estimate of drug-likeness (QED) is 0.267. The minimum Gasteiger partial charge on any atom is -0.465 e. The standard InChI is InChI=1S/C17H23BrFN3O3SSi/c1-17(13-9-12(18)10-21-14(13)19)5-6-20-15(26-17)22(16(23)24)11-25-7-8-27(2,3)4/h5-6,9-10H,7-8,11H2,1-4H3,(H,23,24). The average molecular weight is 476 g/mol. The topological polar surface area (TPSA) is 75.0 Å². The maximum absolute atomic E-state index is 14.3. The van der Waals surface area contributed by atoms with Crippen LogP contribution >= 0.6 is 27.7 Å². The van der Waals surface area contributed by atoms with Crippen LogP contribution in [0.25, 0.3) is 0 Å². The lowest BCUT2D eigenvalue weighted by Gasteiger charge is -2.31. The molecule has 1 N–H and O–H groups in total. The van der Waals surface area contributed by atoms with E-state index in [0.717, 1.165) is 22.7 Å². The summed E-state index contributed by atoms with van der Waals surface area (Å²) in [6.07, 6.45) is 3.42. The Kier molecular flexibility index (Phi) is 7.23. The molecule has 0 bridgehead atoms. The first-order chi connectivity index (χ1) is 12.5. The number of nitrogens with zero attached hydrogens (tertiary/aromatic N) is 3. The van der Waals surface area contributed by atoms with Gasteiger partial charge in [-0.05, 0) is 41.0 Å². The van der Waals surface area contributed by atoms with Gasteiger partial charge in [0.15, 0.2) is 5.17 Å². The van der Waals surface area contributed by atoms with Crippen molar-refractivity contribution in [2.75, 3.05) is 13.3 Å². The van der Waals surface area contributed by atoms with Gasteiger partial charge >= 0.3 is 6.09 Å². The molecule has 0 aromatic carbocycles. The van der Waals surface area contributed by atoms with Gasteiger partial charge in [-0.15, -0.1) is 0 Å². The van der Waals surface area contributed by atoms with Gasteiger partial charge in [0.05, 0.1) is 4.75 Å². The highest BCUT2D eigenvalue weighted by Crippen LogP contribution is 2.42. The number of thioether (sulfide) groups is 1. The lowest BCUT2D eigenvalue weighted by molar-refractivity contribution is 0.0708. The van der Waals surface area contributed by atoms with Gasteiger partial charge < -0.3 is 9.84 Å². The Morgan fingerprint density at radius 2 is 2.19 bits per heavy atom. The second-order valence-corrected chi connectivity index (χ2v) is 15.4. The fourth-order valence-corrected chi connectivity index (χ4v) is 4.46.